The molecule has 0 spiro atoms. The third-order valence-electron chi connectivity index (χ3n) is 1.80. The highest BCUT2D eigenvalue weighted by Crippen LogP contribution is 2.01. The number of ether oxygens (including phenoxy) is 1. The molecule has 0 heterocycles. The number of benzene rings is 1. The Morgan fingerprint density at radius 2 is 2.07 bits per heavy atom. The number of esters is 1. The molecule has 0 aliphatic heterocycles. The van der Waals surface area contributed by atoms with Crippen LogP contribution in [0.15, 0.2) is 42.2 Å². The van der Waals surface area contributed by atoms with Crippen molar-refractivity contribution in [2.24, 2.45) is 0 Å². The van der Waals surface area contributed by atoms with Gasteiger partial charge >= 0.3 is 5.97 Å². The fraction of sp³-hybridized carbons (Fsp3) is 0.250. The highest BCUT2D eigenvalue weighted by atomic mass is 19.1. The van der Waals surface area contributed by atoms with Crippen LogP contribution in [0.4, 0.5) is 4.39 Å². The first-order valence-corrected chi connectivity index (χ1v) is 4.70. The molecule has 0 radical (unpaired) electrons. The molecule has 0 aliphatic rings. The lowest BCUT2D eigenvalue weighted by Crippen LogP contribution is -2.07. The molecular formula is C12H13FO2. The summed E-state index contributed by atoms with van der Waals surface area (Å²) >= 11 is 0. The molecule has 3 heteroatoms. The molecule has 0 aromatic heterocycles. The van der Waals surface area contributed by atoms with E-state index in [0.717, 1.165) is 5.56 Å². The minimum Gasteiger partial charge on any atom is -0.461 e. The molecule has 0 amide bonds. The Bertz CT molecular complexity index is 340. The summed E-state index contributed by atoms with van der Waals surface area (Å²) in [4.78, 5) is 11.2. The van der Waals surface area contributed by atoms with Gasteiger partial charge in [0.15, 0.2) is 0 Å². The summed E-state index contributed by atoms with van der Waals surface area (Å²) in [7, 11) is 0. The third kappa shape index (κ3) is 4.96. The third-order valence-corrected chi connectivity index (χ3v) is 1.80. The SMILES string of the molecule is C/C(F)=C/COC(=O)Cc1ccccc1. The Balaban J connectivity index is 2.34. The molecule has 80 valence electrons. The minimum atomic E-state index is -0.348. The van der Waals surface area contributed by atoms with E-state index in [0.29, 0.717) is 0 Å². The second-order valence-electron chi connectivity index (χ2n) is 3.14. The molecule has 0 unspecified atom stereocenters. The first-order chi connectivity index (χ1) is 7.18. The van der Waals surface area contributed by atoms with Crippen LogP contribution in [0, 0.1) is 0 Å². The zero-order chi connectivity index (χ0) is 11.1. The largest absolute Gasteiger partial charge is 0.461 e. The van der Waals surface area contributed by atoms with Gasteiger partial charge < -0.3 is 4.74 Å². The van der Waals surface area contributed by atoms with Crippen LogP contribution >= 0.6 is 0 Å². The van der Waals surface area contributed by atoms with Crippen molar-refractivity contribution in [1.82, 2.24) is 0 Å². The van der Waals surface area contributed by atoms with Crippen molar-refractivity contribution < 1.29 is 13.9 Å². The van der Waals surface area contributed by atoms with Gasteiger partial charge in [0, 0.05) is 0 Å². The van der Waals surface area contributed by atoms with Gasteiger partial charge in [-0.1, -0.05) is 30.3 Å². The molecule has 0 saturated carbocycles. The second-order valence-corrected chi connectivity index (χ2v) is 3.14. The van der Waals surface area contributed by atoms with Crippen LogP contribution in [-0.2, 0) is 16.0 Å². The smallest absolute Gasteiger partial charge is 0.310 e. The van der Waals surface area contributed by atoms with Crippen molar-refractivity contribution >= 4 is 5.97 Å². The highest BCUT2D eigenvalue weighted by Gasteiger charge is 2.02. The number of rotatable bonds is 4. The lowest BCUT2D eigenvalue weighted by atomic mass is 10.2. The summed E-state index contributed by atoms with van der Waals surface area (Å²) in [5.41, 5.74) is 0.892. The number of halogens is 1. The molecule has 0 atom stereocenters. The van der Waals surface area contributed by atoms with Crippen LogP contribution in [0.1, 0.15) is 12.5 Å². The van der Waals surface area contributed by atoms with E-state index < -0.39 is 0 Å². The van der Waals surface area contributed by atoms with Crippen LogP contribution in [0.5, 0.6) is 0 Å². The van der Waals surface area contributed by atoms with E-state index in [2.05, 4.69) is 0 Å². The maximum absolute atomic E-state index is 12.2. The van der Waals surface area contributed by atoms with Crippen molar-refractivity contribution in [1.29, 1.82) is 0 Å². The summed E-state index contributed by atoms with van der Waals surface area (Å²) in [5.74, 6) is -0.693. The number of carbonyl (C=O) groups excluding carboxylic acids is 1. The zero-order valence-electron chi connectivity index (χ0n) is 8.57. The van der Waals surface area contributed by atoms with Crippen molar-refractivity contribution in [3.63, 3.8) is 0 Å². The quantitative estimate of drug-likeness (QED) is 0.711. The number of hydrogen-bond acceptors (Lipinski definition) is 2. The van der Waals surface area contributed by atoms with E-state index in [1.165, 1.54) is 13.0 Å². The fourth-order valence-corrected chi connectivity index (χ4v) is 1.06. The highest BCUT2D eigenvalue weighted by molar-refractivity contribution is 5.72. The van der Waals surface area contributed by atoms with Gasteiger partial charge in [-0.05, 0) is 18.6 Å². The molecule has 0 aliphatic carbocycles. The minimum absolute atomic E-state index is 0.00595. The Hall–Kier alpha value is -1.64. The molecule has 15 heavy (non-hydrogen) atoms. The van der Waals surface area contributed by atoms with E-state index >= 15 is 0 Å². The van der Waals surface area contributed by atoms with Crippen molar-refractivity contribution in [3.05, 3.63) is 47.8 Å². The monoisotopic (exact) mass is 208 g/mol. The van der Waals surface area contributed by atoms with E-state index in [1.54, 1.807) is 0 Å². The van der Waals surface area contributed by atoms with Gasteiger partial charge in [-0.3, -0.25) is 4.79 Å². The van der Waals surface area contributed by atoms with Crippen LogP contribution in [0.2, 0.25) is 0 Å². The van der Waals surface area contributed by atoms with Crippen molar-refractivity contribution in [2.45, 2.75) is 13.3 Å². The molecule has 2 nitrogen and oxygen atoms in total. The molecule has 0 bridgehead atoms. The molecule has 0 N–H and O–H groups in total. The Morgan fingerprint density at radius 1 is 1.40 bits per heavy atom. The fourth-order valence-electron chi connectivity index (χ4n) is 1.06. The molecule has 1 aromatic carbocycles. The van der Waals surface area contributed by atoms with Gasteiger partial charge in [-0.25, -0.2) is 4.39 Å². The van der Waals surface area contributed by atoms with Crippen LogP contribution in [0.25, 0.3) is 0 Å². The van der Waals surface area contributed by atoms with Crippen LogP contribution in [-0.4, -0.2) is 12.6 Å². The predicted molar refractivity (Wildman–Crippen MR) is 56.0 cm³/mol. The Labute approximate surface area is 88.4 Å². The first kappa shape index (κ1) is 11.4. The topological polar surface area (TPSA) is 26.3 Å². The van der Waals surface area contributed by atoms with Gasteiger partial charge in [0.05, 0.1) is 12.2 Å². The van der Waals surface area contributed by atoms with Crippen molar-refractivity contribution in [2.75, 3.05) is 6.61 Å². The standard InChI is InChI=1S/C12H13FO2/c1-10(13)7-8-15-12(14)9-11-5-3-2-4-6-11/h2-7H,8-9H2,1H3/b10-7-. The van der Waals surface area contributed by atoms with Crippen LogP contribution < -0.4 is 0 Å². The summed E-state index contributed by atoms with van der Waals surface area (Å²) < 4.78 is 17.1. The lowest BCUT2D eigenvalue weighted by molar-refractivity contribution is -0.141. The average molecular weight is 208 g/mol. The average Bonchev–Trinajstić information content (AvgIpc) is 2.18. The molecule has 0 saturated heterocycles. The van der Waals surface area contributed by atoms with Gasteiger partial charge in [0.1, 0.15) is 6.61 Å². The maximum atomic E-state index is 12.2. The van der Waals surface area contributed by atoms with E-state index in [4.69, 9.17) is 4.74 Å². The van der Waals surface area contributed by atoms with E-state index in [1.807, 2.05) is 30.3 Å². The number of allylic oxidation sites excluding steroid dienone is 1. The maximum Gasteiger partial charge on any atom is 0.310 e. The normalized spacial score (nSPS) is 11.2. The van der Waals surface area contributed by atoms with Gasteiger partial charge in [-0.2, -0.15) is 0 Å². The molecule has 1 aromatic rings. The number of hydrogen-bond donors (Lipinski definition) is 0. The van der Waals surface area contributed by atoms with Gasteiger partial charge in [-0.15, -0.1) is 0 Å². The summed E-state index contributed by atoms with van der Waals surface area (Å²) in [5, 5.41) is 0. The molecule has 1 rings (SSSR count). The molecule has 0 fully saturated rings. The number of carbonyl (C=O) groups is 1. The Kier molecular flexibility index (Phi) is 4.54. The summed E-state index contributed by atoms with van der Waals surface area (Å²) in [6.07, 6.45) is 1.45. The van der Waals surface area contributed by atoms with E-state index in [9.17, 15) is 9.18 Å². The summed E-state index contributed by atoms with van der Waals surface area (Å²) in [6, 6.07) is 9.28. The lowest BCUT2D eigenvalue weighted by Gasteiger charge is -2.01. The summed E-state index contributed by atoms with van der Waals surface area (Å²) in [6.45, 7) is 1.30. The molecular weight excluding hydrogens is 195 g/mol. The van der Waals surface area contributed by atoms with E-state index in [-0.39, 0.29) is 24.8 Å². The Morgan fingerprint density at radius 3 is 2.67 bits per heavy atom. The van der Waals surface area contributed by atoms with Gasteiger partial charge in [0.2, 0.25) is 0 Å². The van der Waals surface area contributed by atoms with Crippen molar-refractivity contribution in [3.8, 4) is 0 Å². The second kappa shape index (κ2) is 5.96. The predicted octanol–water partition coefficient (Wildman–Crippen LogP) is 2.65. The first-order valence-electron chi connectivity index (χ1n) is 4.70. The van der Waals surface area contributed by atoms with Crippen LogP contribution in [0.3, 0.4) is 0 Å². The zero-order valence-corrected chi connectivity index (χ0v) is 8.57. The van der Waals surface area contributed by atoms with Gasteiger partial charge in [0.25, 0.3) is 0 Å².